The molecular weight excluding hydrogens is 552 g/mol. The van der Waals surface area contributed by atoms with Gasteiger partial charge in [-0.25, -0.2) is 0 Å². The molecule has 12 nitrogen and oxygen atoms in total. The van der Waals surface area contributed by atoms with Gasteiger partial charge in [0.05, 0.1) is 19.3 Å². The number of allylic oxidation sites excluding steroid dienone is 2. The lowest BCUT2D eigenvalue weighted by Gasteiger charge is -2.46. The Labute approximate surface area is 248 Å². The molecule has 4 heterocycles. The van der Waals surface area contributed by atoms with E-state index in [1.54, 1.807) is 0 Å². The highest BCUT2D eigenvalue weighted by Gasteiger charge is 2.52. The summed E-state index contributed by atoms with van der Waals surface area (Å²) in [5.41, 5.74) is 0. The third-order valence-electron chi connectivity index (χ3n) is 8.22. The lowest BCUT2D eigenvalue weighted by atomic mass is 9.97. The summed E-state index contributed by atoms with van der Waals surface area (Å²) in [7, 11) is 0. The van der Waals surface area contributed by atoms with Gasteiger partial charge in [0.2, 0.25) is 0 Å². The van der Waals surface area contributed by atoms with Crippen LogP contribution in [0.3, 0.4) is 0 Å². The van der Waals surface area contributed by atoms with Gasteiger partial charge < -0.3 is 54.3 Å². The third kappa shape index (κ3) is 10.5. The minimum absolute atomic E-state index is 0.129. The van der Waals surface area contributed by atoms with Crippen LogP contribution < -0.4 is 0 Å². The van der Waals surface area contributed by atoms with Crippen LogP contribution in [0.25, 0.3) is 0 Å². The van der Waals surface area contributed by atoms with Crippen molar-refractivity contribution in [1.82, 2.24) is 0 Å². The zero-order chi connectivity index (χ0) is 30.5. The second kappa shape index (κ2) is 18.6. The summed E-state index contributed by atoms with van der Waals surface area (Å²) in [5.74, 6) is -0.575. The number of ether oxygens (including phenoxy) is 5. The Hall–Kier alpha value is -1.19. The monoisotopic (exact) mass is 604 g/mol. The maximum atomic E-state index is 12.5. The van der Waals surface area contributed by atoms with Crippen LogP contribution in [0, 0.1) is 0 Å². The van der Waals surface area contributed by atoms with Crippen LogP contribution in [-0.2, 0) is 28.5 Å². The molecule has 42 heavy (non-hydrogen) atoms. The Morgan fingerprint density at radius 1 is 0.643 bits per heavy atom. The van der Waals surface area contributed by atoms with Gasteiger partial charge in [-0.2, -0.15) is 0 Å². The molecule has 12 heteroatoms. The standard InChI is InChI=1S/C30H52O12/c1-19-15-13-11-9-7-5-3-2-4-6-8-10-12-14-16-22(33)41-27-21(18-32)40-29(26(37)25(27)36)42-28-24(35)23(34)20(17-31)39-30(28)38-19/h2-3,19-21,23-32,34-37H,4-18H2,1H3/b3-2+/t19-,20+,21+,23+,24-,25+,26+,27+,28+,29?,30+/m0/s1. The molecule has 244 valence electrons. The smallest absolute Gasteiger partial charge is 0.306 e. The van der Waals surface area contributed by atoms with Gasteiger partial charge in [-0.05, 0) is 45.4 Å². The van der Waals surface area contributed by atoms with E-state index >= 15 is 0 Å². The van der Waals surface area contributed by atoms with E-state index in [9.17, 15) is 35.4 Å². The molecule has 0 aliphatic carbocycles. The predicted octanol–water partition coefficient (Wildman–Crippen LogP) is 1.21. The van der Waals surface area contributed by atoms with Crippen LogP contribution in [0.15, 0.2) is 12.2 Å². The van der Waals surface area contributed by atoms with Crippen molar-refractivity contribution in [3.63, 3.8) is 0 Å². The zero-order valence-electron chi connectivity index (χ0n) is 24.7. The number of carbonyl (C=O) groups is 1. The van der Waals surface area contributed by atoms with Crippen LogP contribution in [0.5, 0.6) is 0 Å². The van der Waals surface area contributed by atoms with Crippen molar-refractivity contribution in [2.24, 2.45) is 0 Å². The van der Waals surface area contributed by atoms with Crippen molar-refractivity contribution in [3.8, 4) is 0 Å². The maximum Gasteiger partial charge on any atom is 0.306 e. The SMILES string of the molecule is C[C@H]1CCCCCC/C=C/CCCCCCCC(=O)O[C@H]2[C@H](O)[C@@H](O)C(O[C@H]3[C@H](O1)O[C@H](CO)[C@@H](O)[C@@H]3O)O[C@@H]2CO. The second-order valence-corrected chi connectivity index (χ2v) is 11.7. The number of hydrogen-bond acceptors (Lipinski definition) is 12. The van der Waals surface area contributed by atoms with Crippen LogP contribution in [0.2, 0.25) is 0 Å². The molecule has 2 bridgehead atoms. The summed E-state index contributed by atoms with van der Waals surface area (Å²) < 4.78 is 28.7. The van der Waals surface area contributed by atoms with Gasteiger partial charge in [0.1, 0.15) is 42.7 Å². The first-order valence-corrected chi connectivity index (χ1v) is 15.7. The van der Waals surface area contributed by atoms with Crippen molar-refractivity contribution in [2.45, 2.75) is 158 Å². The molecular formula is C30H52O12. The Balaban J connectivity index is 1.72. The number of rotatable bonds is 2. The molecule has 2 fully saturated rings. The van der Waals surface area contributed by atoms with Crippen molar-refractivity contribution in [1.29, 1.82) is 0 Å². The van der Waals surface area contributed by atoms with E-state index in [0.717, 1.165) is 64.2 Å². The van der Waals surface area contributed by atoms with Crippen LogP contribution in [-0.4, -0.2) is 117 Å². The van der Waals surface area contributed by atoms with Gasteiger partial charge in [-0.3, -0.25) is 4.79 Å². The highest BCUT2D eigenvalue weighted by molar-refractivity contribution is 5.69. The third-order valence-corrected chi connectivity index (χ3v) is 8.22. The number of esters is 1. The number of hydrogen-bond donors (Lipinski definition) is 6. The van der Waals surface area contributed by atoms with E-state index in [-0.39, 0.29) is 12.5 Å². The van der Waals surface area contributed by atoms with Crippen LogP contribution >= 0.6 is 0 Å². The van der Waals surface area contributed by atoms with E-state index in [1.165, 1.54) is 0 Å². The summed E-state index contributed by atoms with van der Waals surface area (Å²) in [6.45, 7) is 0.625. The fourth-order valence-corrected chi connectivity index (χ4v) is 5.63. The summed E-state index contributed by atoms with van der Waals surface area (Å²) in [5, 5.41) is 62.6. The lowest BCUT2D eigenvalue weighted by Crippen LogP contribution is -2.65. The fraction of sp³-hybridized carbons (Fsp3) is 0.900. The normalized spacial score (nSPS) is 41.9. The molecule has 4 aliphatic rings. The van der Waals surface area contributed by atoms with Crippen molar-refractivity contribution < 1.29 is 59.1 Å². The summed E-state index contributed by atoms with van der Waals surface area (Å²) in [6, 6.07) is 0. The Bertz CT molecular complexity index is 794. The van der Waals surface area contributed by atoms with Gasteiger partial charge in [0.25, 0.3) is 0 Å². The molecule has 1 unspecified atom stereocenters. The van der Waals surface area contributed by atoms with Gasteiger partial charge >= 0.3 is 5.97 Å². The molecule has 11 atom stereocenters. The zero-order valence-corrected chi connectivity index (χ0v) is 24.7. The molecule has 0 amide bonds. The molecule has 0 saturated carbocycles. The summed E-state index contributed by atoms with van der Waals surface area (Å²) in [6.07, 6.45) is 1.47. The van der Waals surface area contributed by atoms with Gasteiger partial charge in [0, 0.05) is 6.42 Å². The number of fused-ring (bicyclic) bond motifs is 19. The topological polar surface area (TPSA) is 185 Å². The molecule has 0 radical (unpaired) electrons. The van der Waals surface area contributed by atoms with Crippen LogP contribution in [0.4, 0.5) is 0 Å². The van der Waals surface area contributed by atoms with Crippen LogP contribution in [0.1, 0.15) is 90.4 Å². The van der Waals surface area contributed by atoms with Gasteiger partial charge in [-0.15, -0.1) is 0 Å². The second-order valence-electron chi connectivity index (χ2n) is 11.7. The van der Waals surface area contributed by atoms with Crippen molar-refractivity contribution in [3.05, 3.63) is 12.2 Å². The minimum Gasteiger partial charge on any atom is -0.457 e. The molecule has 0 aromatic carbocycles. The molecule has 0 aromatic heterocycles. The number of aliphatic hydroxyl groups is 6. The van der Waals surface area contributed by atoms with E-state index in [4.69, 9.17) is 23.7 Å². The molecule has 0 aromatic rings. The quantitative estimate of drug-likeness (QED) is 0.196. The Kier molecular flexibility index (Phi) is 15.6. The molecule has 4 rings (SSSR count). The van der Waals surface area contributed by atoms with Crippen molar-refractivity contribution >= 4 is 5.97 Å². The average molecular weight is 605 g/mol. The average Bonchev–Trinajstić information content (AvgIpc) is 2.97. The summed E-state index contributed by atoms with van der Waals surface area (Å²) >= 11 is 0. The van der Waals surface area contributed by atoms with E-state index in [2.05, 4.69) is 12.2 Å². The first-order chi connectivity index (χ1) is 20.3. The van der Waals surface area contributed by atoms with E-state index in [0.29, 0.717) is 12.8 Å². The first kappa shape index (κ1) is 35.3. The number of aliphatic hydroxyl groups excluding tert-OH is 6. The van der Waals surface area contributed by atoms with E-state index in [1.807, 2.05) is 6.92 Å². The predicted molar refractivity (Wildman–Crippen MR) is 150 cm³/mol. The maximum absolute atomic E-state index is 12.5. The Morgan fingerprint density at radius 2 is 1.21 bits per heavy atom. The summed E-state index contributed by atoms with van der Waals surface area (Å²) in [4.78, 5) is 12.5. The molecule has 4 aliphatic heterocycles. The fourth-order valence-electron chi connectivity index (χ4n) is 5.63. The number of carbonyl (C=O) groups excluding carboxylic acids is 1. The van der Waals surface area contributed by atoms with Gasteiger partial charge in [0.15, 0.2) is 18.7 Å². The highest BCUT2D eigenvalue weighted by atomic mass is 16.8. The molecule has 6 N–H and O–H groups in total. The molecule has 0 spiro atoms. The minimum atomic E-state index is -1.73. The lowest BCUT2D eigenvalue weighted by molar-refractivity contribution is -0.371. The van der Waals surface area contributed by atoms with E-state index < -0.39 is 80.6 Å². The highest BCUT2D eigenvalue weighted by Crippen LogP contribution is 2.31. The Morgan fingerprint density at radius 3 is 1.88 bits per heavy atom. The van der Waals surface area contributed by atoms with Gasteiger partial charge in [-0.1, -0.05) is 50.7 Å². The van der Waals surface area contributed by atoms with Crippen molar-refractivity contribution in [2.75, 3.05) is 13.2 Å². The first-order valence-electron chi connectivity index (χ1n) is 15.7. The largest absolute Gasteiger partial charge is 0.457 e. The molecule has 2 saturated heterocycles.